The van der Waals surface area contributed by atoms with E-state index in [4.69, 9.17) is 0 Å². The molecule has 0 saturated carbocycles. The number of hydrogen-bond acceptors (Lipinski definition) is 3. The summed E-state index contributed by atoms with van der Waals surface area (Å²) in [7, 11) is 0. The SMILES string of the molecule is Cc1ccc(NC(=O)C2CCN(CC(=O)Nc3ccc(C)c(C)c3)CC2)c(C)c1. The van der Waals surface area contributed by atoms with Crippen molar-refractivity contribution in [2.45, 2.75) is 40.5 Å². The first-order chi connectivity index (χ1) is 13.8. The van der Waals surface area contributed by atoms with Gasteiger partial charge in [-0.25, -0.2) is 0 Å². The molecule has 0 aromatic heterocycles. The Morgan fingerprint density at radius 2 is 1.62 bits per heavy atom. The number of amides is 2. The summed E-state index contributed by atoms with van der Waals surface area (Å²) in [6.45, 7) is 10.0. The maximum atomic E-state index is 12.6. The van der Waals surface area contributed by atoms with Crippen LogP contribution in [0.1, 0.15) is 35.1 Å². The Morgan fingerprint density at radius 3 is 2.28 bits per heavy atom. The standard InChI is InChI=1S/C24H31N3O2/c1-16-5-8-22(19(4)13-16)26-24(29)20-9-11-27(12-10-20)15-23(28)25-21-7-6-17(2)18(3)14-21/h5-8,13-14,20H,9-12,15H2,1-4H3,(H,25,28)(H,26,29). The second-order valence-corrected chi connectivity index (χ2v) is 8.21. The average Bonchev–Trinajstić information content (AvgIpc) is 2.67. The molecule has 1 aliphatic heterocycles. The van der Waals surface area contributed by atoms with Crippen LogP contribution in [0.4, 0.5) is 11.4 Å². The maximum absolute atomic E-state index is 12.6. The Labute approximate surface area is 173 Å². The molecule has 0 radical (unpaired) electrons. The summed E-state index contributed by atoms with van der Waals surface area (Å²) >= 11 is 0. The summed E-state index contributed by atoms with van der Waals surface area (Å²) in [6, 6.07) is 12.0. The van der Waals surface area contributed by atoms with E-state index in [2.05, 4.69) is 28.5 Å². The fourth-order valence-corrected chi connectivity index (χ4v) is 3.76. The van der Waals surface area contributed by atoms with E-state index in [9.17, 15) is 9.59 Å². The quantitative estimate of drug-likeness (QED) is 0.800. The van der Waals surface area contributed by atoms with Crippen LogP contribution in [-0.4, -0.2) is 36.3 Å². The number of likely N-dealkylation sites (tertiary alicyclic amines) is 1. The zero-order valence-electron chi connectivity index (χ0n) is 17.8. The van der Waals surface area contributed by atoms with Gasteiger partial charge in [0.05, 0.1) is 6.54 Å². The van der Waals surface area contributed by atoms with Gasteiger partial charge in [-0.2, -0.15) is 0 Å². The Hall–Kier alpha value is -2.66. The van der Waals surface area contributed by atoms with Crippen molar-refractivity contribution in [3.05, 3.63) is 58.7 Å². The molecule has 0 bridgehead atoms. The number of piperidine rings is 1. The lowest BCUT2D eigenvalue weighted by atomic mass is 9.95. The van der Waals surface area contributed by atoms with Crippen LogP contribution in [0.5, 0.6) is 0 Å². The lowest BCUT2D eigenvalue weighted by Gasteiger charge is -2.30. The molecule has 0 atom stereocenters. The van der Waals surface area contributed by atoms with Gasteiger partial charge in [0.2, 0.25) is 11.8 Å². The highest BCUT2D eigenvalue weighted by Gasteiger charge is 2.26. The summed E-state index contributed by atoms with van der Waals surface area (Å²) < 4.78 is 0. The van der Waals surface area contributed by atoms with Crippen LogP contribution < -0.4 is 10.6 Å². The predicted molar refractivity (Wildman–Crippen MR) is 118 cm³/mol. The summed E-state index contributed by atoms with van der Waals surface area (Å²) in [5, 5.41) is 6.04. The van der Waals surface area contributed by atoms with Crippen molar-refractivity contribution in [1.29, 1.82) is 0 Å². The highest BCUT2D eigenvalue weighted by Crippen LogP contribution is 2.22. The molecule has 1 aliphatic rings. The zero-order valence-corrected chi connectivity index (χ0v) is 17.8. The van der Waals surface area contributed by atoms with Gasteiger partial charge in [0.15, 0.2) is 0 Å². The molecule has 0 unspecified atom stereocenters. The third-order valence-electron chi connectivity index (χ3n) is 5.76. The average molecular weight is 394 g/mol. The van der Waals surface area contributed by atoms with E-state index in [0.29, 0.717) is 6.54 Å². The third kappa shape index (κ3) is 5.67. The second kappa shape index (κ2) is 9.23. The summed E-state index contributed by atoms with van der Waals surface area (Å²) in [5.41, 5.74) is 6.37. The first kappa shape index (κ1) is 21.1. The first-order valence-corrected chi connectivity index (χ1v) is 10.3. The molecule has 5 nitrogen and oxygen atoms in total. The van der Waals surface area contributed by atoms with Crippen LogP contribution in [0, 0.1) is 33.6 Å². The molecule has 1 fully saturated rings. The molecular weight excluding hydrogens is 362 g/mol. The molecule has 2 N–H and O–H groups in total. The molecular formula is C24H31N3O2. The van der Waals surface area contributed by atoms with Crippen molar-refractivity contribution in [2.75, 3.05) is 30.3 Å². The highest BCUT2D eigenvalue weighted by atomic mass is 16.2. The Kier molecular flexibility index (Phi) is 6.70. The van der Waals surface area contributed by atoms with Crippen molar-refractivity contribution < 1.29 is 9.59 Å². The second-order valence-electron chi connectivity index (χ2n) is 8.21. The molecule has 5 heteroatoms. The number of anilines is 2. The van der Waals surface area contributed by atoms with Crippen LogP contribution in [0.25, 0.3) is 0 Å². The number of nitrogens with one attached hydrogen (secondary N) is 2. The Balaban J connectivity index is 1.46. The molecule has 1 heterocycles. The van der Waals surface area contributed by atoms with Crippen molar-refractivity contribution in [3.8, 4) is 0 Å². The monoisotopic (exact) mass is 393 g/mol. The molecule has 0 spiro atoms. The molecule has 3 rings (SSSR count). The van der Waals surface area contributed by atoms with E-state index < -0.39 is 0 Å². The van der Waals surface area contributed by atoms with E-state index in [1.54, 1.807) is 0 Å². The topological polar surface area (TPSA) is 61.4 Å². The van der Waals surface area contributed by atoms with Crippen LogP contribution >= 0.6 is 0 Å². The number of carbonyl (C=O) groups excluding carboxylic acids is 2. The number of rotatable bonds is 5. The van der Waals surface area contributed by atoms with Gasteiger partial charge in [0, 0.05) is 17.3 Å². The minimum Gasteiger partial charge on any atom is -0.326 e. The van der Waals surface area contributed by atoms with Crippen LogP contribution in [0.2, 0.25) is 0 Å². The van der Waals surface area contributed by atoms with Crippen LogP contribution in [0.3, 0.4) is 0 Å². The number of nitrogens with zero attached hydrogens (tertiary/aromatic N) is 1. The molecule has 2 aromatic rings. The smallest absolute Gasteiger partial charge is 0.238 e. The van der Waals surface area contributed by atoms with E-state index in [1.165, 1.54) is 16.7 Å². The van der Waals surface area contributed by atoms with Gasteiger partial charge < -0.3 is 10.6 Å². The number of carbonyl (C=O) groups is 2. The molecule has 1 saturated heterocycles. The number of benzene rings is 2. The van der Waals surface area contributed by atoms with Crippen molar-refractivity contribution in [2.24, 2.45) is 5.92 Å². The van der Waals surface area contributed by atoms with Crippen LogP contribution in [-0.2, 0) is 9.59 Å². The number of aryl methyl sites for hydroxylation is 4. The first-order valence-electron chi connectivity index (χ1n) is 10.3. The lowest BCUT2D eigenvalue weighted by Crippen LogP contribution is -2.41. The van der Waals surface area contributed by atoms with Gasteiger partial charge in [0.1, 0.15) is 0 Å². The highest BCUT2D eigenvalue weighted by molar-refractivity contribution is 5.94. The van der Waals surface area contributed by atoms with Gasteiger partial charge >= 0.3 is 0 Å². The normalized spacial score (nSPS) is 15.2. The Morgan fingerprint density at radius 1 is 0.897 bits per heavy atom. The predicted octanol–water partition coefficient (Wildman–Crippen LogP) is 4.21. The molecule has 0 aliphatic carbocycles. The van der Waals surface area contributed by atoms with E-state index in [1.807, 2.05) is 51.1 Å². The fraction of sp³-hybridized carbons (Fsp3) is 0.417. The minimum atomic E-state index is -0.00793. The third-order valence-corrected chi connectivity index (χ3v) is 5.76. The van der Waals surface area contributed by atoms with Gasteiger partial charge in [-0.1, -0.05) is 23.8 Å². The fourth-order valence-electron chi connectivity index (χ4n) is 3.76. The Bertz CT molecular complexity index is 899. The zero-order chi connectivity index (χ0) is 21.0. The van der Waals surface area contributed by atoms with Crippen molar-refractivity contribution >= 4 is 23.2 Å². The van der Waals surface area contributed by atoms with Gasteiger partial charge in [-0.05, 0) is 88.5 Å². The molecule has 154 valence electrons. The summed E-state index contributed by atoms with van der Waals surface area (Å²) in [4.78, 5) is 27.1. The molecule has 2 amide bonds. The molecule has 29 heavy (non-hydrogen) atoms. The van der Waals surface area contributed by atoms with Crippen molar-refractivity contribution in [3.63, 3.8) is 0 Å². The van der Waals surface area contributed by atoms with Gasteiger partial charge in [-0.3, -0.25) is 14.5 Å². The lowest BCUT2D eigenvalue weighted by molar-refractivity contribution is -0.121. The summed E-state index contributed by atoms with van der Waals surface area (Å²) in [6.07, 6.45) is 1.54. The molecule has 2 aromatic carbocycles. The summed E-state index contributed by atoms with van der Waals surface area (Å²) in [5.74, 6) is 0.0670. The van der Waals surface area contributed by atoms with Gasteiger partial charge in [-0.15, -0.1) is 0 Å². The maximum Gasteiger partial charge on any atom is 0.238 e. The largest absolute Gasteiger partial charge is 0.326 e. The van der Waals surface area contributed by atoms with Crippen LogP contribution in [0.15, 0.2) is 36.4 Å². The van der Waals surface area contributed by atoms with E-state index in [-0.39, 0.29) is 17.7 Å². The van der Waals surface area contributed by atoms with E-state index in [0.717, 1.165) is 42.9 Å². The minimum absolute atomic E-state index is 0.00485. The van der Waals surface area contributed by atoms with Gasteiger partial charge in [0.25, 0.3) is 0 Å². The van der Waals surface area contributed by atoms with Crippen molar-refractivity contribution in [1.82, 2.24) is 4.90 Å². The number of hydrogen-bond donors (Lipinski definition) is 2. The van der Waals surface area contributed by atoms with E-state index >= 15 is 0 Å².